The average Bonchev–Trinajstić information content (AvgIpc) is 2.93. The van der Waals surface area contributed by atoms with Gasteiger partial charge >= 0.3 is 0 Å². The Morgan fingerprint density at radius 3 is 2.55 bits per heavy atom. The van der Waals surface area contributed by atoms with Crippen molar-refractivity contribution in [1.29, 1.82) is 0 Å². The number of amides is 1. The van der Waals surface area contributed by atoms with Crippen molar-refractivity contribution in [3.63, 3.8) is 0 Å². The molecule has 0 radical (unpaired) electrons. The van der Waals surface area contributed by atoms with Crippen LogP contribution in [-0.2, 0) is 27.6 Å². The van der Waals surface area contributed by atoms with Gasteiger partial charge in [0, 0.05) is 25.5 Å². The predicted octanol–water partition coefficient (Wildman–Crippen LogP) is 4.79. The van der Waals surface area contributed by atoms with Crippen molar-refractivity contribution in [2.24, 2.45) is 5.92 Å². The number of aliphatic hydroxyl groups is 1. The van der Waals surface area contributed by atoms with Gasteiger partial charge in [0.05, 0.1) is 16.7 Å². The van der Waals surface area contributed by atoms with Crippen LogP contribution < -0.4 is 5.32 Å². The fourth-order valence-electron chi connectivity index (χ4n) is 5.95. The first-order valence-corrected chi connectivity index (χ1v) is 15.5. The molecule has 7 heteroatoms. The number of hydrogen-bond donors (Lipinski definition) is 2. The number of carbonyl (C=O) groups is 1. The van der Waals surface area contributed by atoms with Crippen LogP contribution >= 0.6 is 0 Å². The number of nitrogens with zero attached hydrogens (tertiary/aromatic N) is 1. The SMILES string of the molecule is O=C(CC(CO)CS(=O)(=O)c1ccc2ccccc2c1)N[C@@H]1CCCc2cc(CN3CCCCC3)ccc21. The lowest BCUT2D eigenvalue weighted by Crippen LogP contribution is -2.34. The molecule has 38 heavy (non-hydrogen) atoms. The molecule has 202 valence electrons. The van der Waals surface area contributed by atoms with Gasteiger partial charge in [-0.3, -0.25) is 9.69 Å². The van der Waals surface area contributed by atoms with Gasteiger partial charge in [-0.05, 0) is 84.8 Å². The highest BCUT2D eigenvalue weighted by Crippen LogP contribution is 2.31. The second-order valence-electron chi connectivity index (χ2n) is 10.9. The Kier molecular flexibility index (Phi) is 8.46. The van der Waals surface area contributed by atoms with Crippen LogP contribution in [0, 0.1) is 5.92 Å². The van der Waals surface area contributed by atoms with Crippen molar-refractivity contribution in [3.05, 3.63) is 77.4 Å². The molecule has 1 unspecified atom stereocenters. The van der Waals surface area contributed by atoms with Crippen LogP contribution in [0.1, 0.15) is 61.3 Å². The van der Waals surface area contributed by atoms with Crippen LogP contribution in [-0.4, -0.2) is 49.8 Å². The number of rotatable bonds is 9. The number of likely N-dealkylation sites (tertiary alicyclic amines) is 1. The maximum Gasteiger partial charge on any atom is 0.220 e. The lowest BCUT2D eigenvalue weighted by atomic mass is 9.86. The van der Waals surface area contributed by atoms with Crippen molar-refractivity contribution < 1.29 is 18.3 Å². The molecular weight excluding hydrogens is 496 g/mol. The molecule has 5 rings (SSSR count). The zero-order valence-electron chi connectivity index (χ0n) is 21.9. The molecule has 3 aromatic carbocycles. The number of carbonyl (C=O) groups excluding carboxylic acids is 1. The predicted molar refractivity (Wildman–Crippen MR) is 151 cm³/mol. The Morgan fingerprint density at radius 1 is 0.974 bits per heavy atom. The number of benzene rings is 3. The quantitative estimate of drug-likeness (QED) is 0.412. The van der Waals surface area contributed by atoms with Crippen molar-refractivity contribution in [2.75, 3.05) is 25.4 Å². The zero-order chi connectivity index (χ0) is 26.5. The Hall–Kier alpha value is -2.74. The third kappa shape index (κ3) is 6.45. The maximum atomic E-state index is 13.1. The van der Waals surface area contributed by atoms with E-state index in [1.807, 2.05) is 24.3 Å². The third-order valence-corrected chi connectivity index (χ3v) is 9.86. The Balaban J connectivity index is 1.21. The Morgan fingerprint density at radius 2 is 1.76 bits per heavy atom. The van der Waals surface area contributed by atoms with Crippen LogP contribution in [0.2, 0.25) is 0 Å². The normalized spacial score (nSPS) is 19.1. The van der Waals surface area contributed by atoms with Gasteiger partial charge in [-0.1, -0.05) is 55.0 Å². The van der Waals surface area contributed by atoms with E-state index >= 15 is 0 Å². The van der Waals surface area contributed by atoms with E-state index in [9.17, 15) is 18.3 Å². The summed E-state index contributed by atoms with van der Waals surface area (Å²) in [5.41, 5.74) is 3.79. The minimum Gasteiger partial charge on any atom is -0.396 e. The molecule has 1 amide bonds. The highest BCUT2D eigenvalue weighted by molar-refractivity contribution is 7.91. The van der Waals surface area contributed by atoms with Crippen molar-refractivity contribution in [1.82, 2.24) is 10.2 Å². The first-order chi connectivity index (χ1) is 18.4. The zero-order valence-corrected chi connectivity index (χ0v) is 22.8. The van der Waals surface area contributed by atoms with E-state index in [1.54, 1.807) is 18.2 Å². The van der Waals surface area contributed by atoms with Gasteiger partial charge in [-0.2, -0.15) is 0 Å². The van der Waals surface area contributed by atoms with Gasteiger partial charge in [0.2, 0.25) is 5.91 Å². The number of sulfone groups is 1. The molecule has 2 atom stereocenters. The first kappa shape index (κ1) is 26.9. The lowest BCUT2D eigenvalue weighted by molar-refractivity contribution is -0.123. The molecule has 2 aliphatic rings. The monoisotopic (exact) mass is 534 g/mol. The topological polar surface area (TPSA) is 86.7 Å². The summed E-state index contributed by atoms with van der Waals surface area (Å²) in [6.45, 7) is 2.95. The first-order valence-electron chi connectivity index (χ1n) is 13.9. The molecule has 1 aliphatic carbocycles. The van der Waals surface area contributed by atoms with Crippen LogP contribution in [0.15, 0.2) is 65.6 Å². The molecule has 0 bridgehead atoms. The molecule has 1 heterocycles. The van der Waals surface area contributed by atoms with E-state index in [4.69, 9.17) is 0 Å². The van der Waals surface area contributed by atoms with Gasteiger partial charge in [0.25, 0.3) is 0 Å². The highest BCUT2D eigenvalue weighted by Gasteiger charge is 2.26. The number of piperidine rings is 1. The van der Waals surface area contributed by atoms with Gasteiger partial charge in [0.1, 0.15) is 0 Å². The maximum absolute atomic E-state index is 13.1. The number of aryl methyl sites for hydroxylation is 1. The summed E-state index contributed by atoms with van der Waals surface area (Å²) < 4.78 is 26.2. The molecule has 1 aliphatic heterocycles. The van der Waals surface area contributed by atoms with E-state index in [-0.39, 0.29) is 35.6 Å². The highest BCUT2D eigenvalue weighted by atomic mass is 32.2. The largest absolute Gasteiger partial charge is 0.396 e. The summed E-state index contributed by atoms with van der Waals surface area (Å²) in [5.74, 6) is -1.15. The minimum absolute atomic E-state index is 0.0256. The molecule has 3 aromatic rings. The smallest absolute Gasteiger partial charge is 0.220 e. The van der Waals surface area contributed by atoms with Gasteiger partial charge in [0.15, 0.2) is 9.84 Å². The number of aliphatic hydroxyl groups excluding tert-OH is 1. The molecular formula is C31H38N2O4S. The fraction of sp³-hybridized carbons (Fsp3) is 0.452. The molecule has 1 saturated heterocycles. The van der Waals surface area contributed by atoms with Gasteiger partial charge in [-0.15, -0.1) is 0 Å². The van der Waals surface area contributed by atoms with Crippen LogP contribution in [0.25, 0.3) is 10.8 Å². The standard InChI is InChI=1S/C31H38N2O4S/c34-21-24(22-38(36,37)28-13-12-25-7-2-3-8-26(25)19-28)18-31(35)32-30-10-6-9-27-17-23(11-14-29(27)30)20-33-15-4-1-5-16-33/h2-3,7-8,11-14,17,19,24,30,34H,1,4-6,9-10,15-16,18,20-22H2,(H,32,35)/t24?,30-/m1/s1. The summed E-state index contributed by atoms with van der Waals surface area (Å²) in [4.78, 5) is 15.7. The summed E-state index contributed by atoms with van der Waals surface area (Å²) in [7, 11) is -3.65. The van der Waals surface area contributed by atoms with E-state index in [0.29, 0.717) is 0 Å². The van der Waals surface area contributed by atoms with Gasteiger partial charge in [-0.25, -0.2) is 8.42 Å². The number of fused-ring (bicyclic) bond motifs is 2. The van der Waals surface area contributed by atoms with Crippen LogP contribution in [0.5, 0.6) is 0 Å². The third-order valence-electron chi connectivity index (χ3n) is 7.98. The summed E-state index contributed by atoms with van der Waals surface area (Å²) in [6, 6.07) is 19.2. The summed E-state index contributed by atoms with van der Waals surface area (Å²) >= 11 is 0. The van der Waals surface area contributed by atoms with Crippen LogP contribution in [0.3, 0.4) is 0 Å². The summed E-state index contributed by atoms with van der Waals surface area (Å²) in [6.07, 6.45) is 6.73. The minimum atomic E-state index is -3.65. The van der Waals surface area contributed by atoms with E-state index < -0.39 is 15.8 Å². The number of hydrogen-bond acceptors (Lipinski definition) is 5. The molecule has 6 nitrogen and oxygen atoms in total. The molecule has 0 saturated carbocycles. The van der Waals surface area contributed by atoms with E-state index in [1.165, 1.54) is 43.5 Å². The van der Waals surface area contributed by atoms with E-state index in [0.717, 1.165) is 42.1 Å². The molecule has 1 fully saturated rings. The van der Waals surface area contributed by atoms with Crippen molar-refractivity contribution >= 4 is 26.5 Å². The average molecular weight is 535 g/mol. The number of nitrogens with one attached hydrogen (secondary N) is 1. The second kappa shape index (κ2) is 12.0. The van der Waals surface area contributed by atoms with Gasteiger partial charge < -0.3 is 10.4 Å². The summed E-state index contributed by atoms with van der Waals surface area (Å²) in [5, 5.41) is 14.9. The molecule has 0 aromatic heterocycles. The Labute approximate surface area is 226 Å². The lowest BCUT2D eigenvalue weighted by Gasteiger charge is -2.29. The Bertz CT molecular complexity index is 1380. The van der Waals surface area contributed by atoms with Crippen LogP contribution in [0.4, 0.5) is 0 Å². The second-order valence-corrected chi connectivity index (χ2v) is 13.0. The molecule has 0 spiro atoms. The van der Waals surface area contributed by atoms with Crippen molar-refractivity contribution in [3.8, 4) is 0 Å². The fourth-order valence-corrected chi connectivity index (χ4v) is 7.57. The van der Waals surface area contributed by atoms with E-state index in [2.05, 4.69) is 28.4 Å². The van der Waals surface area contributed by atoms with Crippen molar-refractivity contribution in [2.45, 2.75) is 62.4 Å². The molecule has 2 N–H and O–H groups in total.